The largest absolute Gasteiger partial charge is 0.494 e. The van der Waals surface area contributed by atoms with Crippen molar-refractivity contribution in [3.63, 3.8) is 0 Å². The van der Waals surface area contributed by atoms with Gasteiger partial charge >= 0.3 is 0 Å². The van der Waals surface area contributed by atoms with E-state index in [-0.39, 0.29) is 0 Å². The Morgan fingerprint density at radius 1 is 1.09 bits per heavy atom. The minimum absolute atomic E-state index is 0.319. The van der Waals surface area contributed by atoms with Crippen molar-refractivity contribution in [2.75, 3.05) is 13.2 Å². The molecule has 0 aliphatic heterocycles. The lowest BCUT2D eigenvalue weighted by molar-refractivity contribution is 0.298. The van der Waals surface area contributed by atoms with E-state index < -0.39 is 0 Å². The van der Waals surface area contributed by atoms with E-state index in [1.807, 2.05) is 24.3 Å². The summed E-state index contributed by atoms with van der Waals surface area (Å²) in [5.74, 6) is 1.13. The van der Waals surface area contributed by atoms with Crippen LogP contribution in [-0.4, -0.2) is 13.2 Å². The number of rotatable bonds is 6. The average Bonchev–Trinajstić information content (AvgIpc) is 2.44. The number of hydrogen-bond acceptors (Lipinski definition) is 2. The Morgan fingerprint density at radius 3 is 2.36 bits per heavy atom. The first-order valence-corrected chi connectivity index (χ1v) is 8.05. The van der Waals surface area contributed by atoms with Crippen molar-refractivity contribution in [1.29, 1.82) is 0 Å². The van der Waals surface area contributed by atoms with Crippen LogP contribution in [0.2, 0.25) is 5.02 Å². The van der Waals surface area contributed by atoms with Gasteiger partial charge in [-0.1, -0.05) is 35.4 Å². The lowest BCUT2D eigenvalue weighted by atomic mass is 9.87. The number of benzene rings is 2. The Morgan fingerprint density at radius 2 is 1.77 bits per heavy atom. The van der Waals surface area contributed by atoms with Gasteiger partial charge < -0.3 is 10.5 Å². The van der Waals surface area contributed by atoms with Gasteiger partial charge in [-0.25, -0.2) is 0 Å². The fourth-order valence-corrected chi connectivity index (χ4v) is 3.27. The first-order chi connectivity index (χ1) is 10.5. The highest BCUT2D eigenvalue weighted by Crippen LogP contribution is 2.27. The molecule has 0 fully saturated rings. The van der Waals surface area contributed by atoms with Crippen LogP contribution in [0.3, 0.4) is 0 Å². The molecule has 0 aromatic heterocycles. The van der Waals surface area contributed by atoms with Crippen LogP contribution in [0.1, 0.15) is 34.6 Å². The van der Waals surface area contributed by atoms with Gasteiger partial charge in [0, 0.05) is 5.02 Å². The van der Waals surface area contributed by atoms with Crippen LogP contribution in [0.25, 0.3) is 0 Å². The molecule has 0 spiro atoms. The molecule has 0 saturated heterocycles. The average molecular weight is 318 g/mol. The van der Waals surface area contributed by atoms with E-state index in [0.29, 0.717) is 24.1 Å². The normalized spacial score (nSPS) is 12.2. The summed E-state index contributed by atoms with van der Waals surface area (Å²) >= 11 is 5.97. The molecule has 2 aromatic carbocycles. The standard InChI is InChI=1S/C19H24ClNO/c1-13-9-14(2)19(15(3)10-13)16(12-21)7-8-22-18-6-4-5-17(20)11-18/h4-6,9-11,16H,7-8,12,21H2,1-3H3. The van der Waals surface area contributed by atoms with Crippen molar-refractivity contribution < 1.29 is 4.74 Å². The van der Waals surface area contributed by atoms with Gasteiger partial charge in [0.25, 0.3) is 0 Å². The highest BCUT2D eigenvalue weighted by molar-refractivity contribution is 6.30. The molecule has 3 heteroatoms. The summed E-state index contributed by atoms with van der Waals surface area (Å²) in [5.41, 5.74) is 11.3. The molecule has 22 heavy (non-hydrogen) atoms. The Balaban J connectivity index is 2.04. The second kappa shape index (κ2) is 7.66. The number of hydrogen-bond donors (Lipinski definition) is 1. The topological polar surface area (TPSA) is 35.2 Å². The third kappa shape index (κ3) is 4.25. The zero-order valence-electron chi connectivity index (χ0n) is 13.5. The predicted molar refractivity (Wildman–Crippen MR) is 94.0 cm³/mol. The quantitative estimate of drug-likeness (QED) is 0.832. The van der Waals surface area contributed by atoms with Gasteiger partial charge in [0.05, 0.1) is 6.61 Å². The first kappa shape index (κ1) is 16.9. The summed E-state index contributed by atoms with van der Waals surface area (Å²) in [4.78, 5) is 0. The highest BCUT2D eigenvalue weighted by atomic mass is 35.5. The molecule has 1 unspecified atom stereocenters. The summed E-state index contributed by atoms with van der Waals surface area (Å²) in [6.07, 6.45) is 0.897. The van der Waals surface area contributed by atoms with Crippen molar-refractivity contribution in [2.45, 2.75) is 33.1 Å². The molecule has 2 nitrogen and oxygen atoms in total. The summed E-state index contributed by atoms with van der Waals surface area (Å²) < 4.78 is 5.80. The van der Waals surface area contributed by atoms with E-state index in [0.717, 1.165) is 12.2 Å². The van der Waals surface area contributed by atoms with Crippen LogP contribution in [-0.2, 0) is 0 Å². The maximum atomic E-state index is 6.01. The fourth-order valence-electron chi connectivity index (χ4n) is 3.09. The molecule has 118 valence electrons. The van der Waals surface area contributed by atoms with E-state index in [9.17, 15) is 0 Å². The Labute approximate surface area is 138 Å². The van der Waals surface area contributed by atoms with Gasteiger partial charge in [0.15, 0.2) is 0 Å². The molecule has 0 amide bonds. The molecule has 0 radical (unpaired) electrons. The van der Waals surface area contributed by atoms with Crippen LogP contribution >= 0.6 is 11.6 Å². The monoisotopic (exact) mass is 317 g/mol. The van der Waals surface area contributed by atoms with Crippen molar-refractivity contribution in [3.05, 3.63) is 63.7 Å². The maximum Gasteiger partial charge on any atom is 0.120 e. The number of halogens is 1. The van der Waals surface area contributed by atoms with E-state index in [1.54, 1.807) is 0 Å². The summed E-state index contributed by atoms with van der Waals surface area (Å²) in [6.45, 7) is 7.72. The van der Waals surface area contributed by atoms with Crippen molar-refractivity contribution in [1.82, 2.24) is 0 Å². The van der Waals surface area contributed by atoms with Crippen LogP contribution in [0.4, 0.5) is 0 Å². The lowest BCUT2D eigenvalue weighted by Crippen LogP contribution is -2.18. The van der Waals surface area contributed by atoms with Gasteiger partial charge in [0.2, 0.25) is 0 Å². The van der Waals surface area contributed by atoms with E-state index in [1.165, 1.54) is 22.3 Å². The second-order valence-corrected chi connectivity index (χ2v) is 6.28. The Bertz CT molecular complexity index is 616. The molecule has 0 heterocycles. The smallest absolute Gasteiger partial charge is 0.120 e. The lowest BCUT2D eigenvalue weighted by Gasteiger charge is -2.21. The van der Waals surface area contributed by atoms with E-state index in [2.05, 4.69) is 32.9 Å². The zero-order valence-corrected chi connectivity index (χ0v) is 14.3. The van der Waals surface area contributed by atoms with Gasteiger partial charge in [-0.3, -0.25) is 0 Å². The Hall–Kier alpha value is -1.51. The number of nitrogens with two attached hydrogens (primary N) is 1. The zero-order chi connectivity index (χ0) is 16.1. The molecule has 0 aliphatic rings. The van der Waals surface area contributed by atoms with E-state index in [4.69, 9.17) is 22.1 Å². The molecule has 2 rings (SSSR count). The molecule has 2 N–H and O–H groups in total. The molecule has 0 aliphatic carbocycles. The molecule has 1 atom stereocenters. The molecule has 2 aromatic rings. The molecular weight excluding hydrogens is 294 g/mol. The maximum absolute atomic E-state index is 6.01. The highest BCUT2D eigenvalue weighted by Gasteiger charge is 2.15. The van der Waals surface area contributed by atoms with Crippen LogP contribution in [0.15, 0.2) is 36.4 Å². The van der Waals surface area contributed by atoms with Crippen molar-refractivity contribution in [2.24, 2.45) is 5.73 Å². The summed E-state index contributed by atoms with van der Waals surface area (Å²) in [6, 6.07) is 11.9. The van der Waals surface area contributed by atoms with Gasteiger partial charge in [-0.05, 0) is 74.5 Å². The van der Waals surface area contributed by atoms with Gasteiger partial charge in [-0.2, -0.15) is 0 Å². The van der Waals surface area contributed by atoms with Gasteiger partial charge in [-0.15, -0.1) is 0 Å². The molecule has 0 saturated carbocycles. The minimum Gasteiger partial charge on any atom is -0.494 e. The number of ether oxygens (including phenoxy) is 1. The third-order valence-corrected chi connectivity index (χ3v) is 4.20. The van der Waals surface area contributed by atoms with Gasteiger partial charge in [0.1, 0.15) is 5.75 Å². The SMILES string of the molecule is Cc1cc(C)c(C(CN)CCOc2cccc(Cl)c2)c(C)c1. The molecular formula is C19H24ClNO. The Kier molecular flexibility index (Phi) is 5.87. The van der Waals surface area contributed by atoms with Crippen LogP contribution in [0, 0.1) is 20.8 Å². The second-order valence-electron chi connectivity index (χ2n) is 5.84. The summed E-state index contributed by atoms with van der Waals surface area (Å²) in [7, 11) is 0. The summed E-state index contributed by atoms with van der Waals surface area (Å²) in [5, 5.41) is 0.693. The number of aryl methyl sites for hydroxylation is 3. The molecule has 0 bridgehead atoms. The third-order valence-electron chi connectivity index (χ3n) is 3.96. The van der Waals surface area contributed by atoms with Crippen LogP contribution < -0.4 is 10.5 Å². The minimum atomic E-state index is 0.319. The van der Waals surface area contributed by atoms with Crippen molar-refractivity contribution >= 4 is 11.6 Å². The van der Waals surface area contributed by atoms with Crippen molar-refractivity contribution in [3.8, 4) is 5.75 Å². The fraction of sp³-hybridized carbons (Fsp3) is 0.368. The van der Waals surface area contributed by atoms with E-state index >= 15 is 0 Å². The first-order valence-electron chi connectivity index (χ1n) is 7.67. The predicted octanol–water partition coefficient (Wildman–Crippen LogP) is 4.78. The van der Waals surface area contributed by atoms with Crippen LogP contribution in [0.5, 0.6) is 5.75 Å².